The fraction of sp³-hybridized carbons (Fsp3) is 0.408. The molecule has 2 aromatic heterocycles. The first kappa shape index (κ1) is 55.3. The maximum Gasteiger partial charge on any atom is 0.218 e. The summed E-state index contributed by atoms with van der Waals surface area (Å²) < 4.78 is 13.2. The molecule has 2 amide bonds. The summed E-state index contributed by atoms with van der Waals surface area (Å²) in [5.74, 6) is 0.552. The molecule has 0 bridgehead atoms. The Morgan fingerprint density at radius 1 is 1.00 bits per heavy atom. The number of benzene rings is 2. The first-order chi connectivity index (χ1) is 31.8. The van der Waals surface area contributed by atoms with Crippen molar-refractivity contribution in [3.8, 4) is 0 Å². The maximum atomic E-state index is 11.8. The molecule has 0 aliphatic heterocycles. The minimum Gasteiger partial charge on any atom is -0.392 e. The number of nitrogens with one attached hydrogen (secondary N) is 5. The predicted octanol–water partition coefficient (Wildman–Crippen LogP) is 6.63. The van der Waals surface area contributed by atoms with Gasteiger partial charge in [0.2, 0.25) is 12.8 Å². The maximum absolute atomic E-state index is 11.8. The number of hydrogen-bond donors (Lipinski definition) is 5. The summed E-state index contributed by atoms with van der Waals surface area (Å²) in [7, 11) is 11.5. The smallest absolute Gasteiger partial charge is 0.218 e. The van der Waals surface area contributed by atoms with E-state index < -0.39 is 6.17 Å². The average Bonchev–Trinajstić information content (AvgIpc) is 3.90. The van der Waals surface area contributed by atoms with Crippen molar-refractivity contribution < 1.29 is 28.4 Å². The van der Waals surface area contributed by atoms with E-state index in [4.69, 9.17) is 4.79 Å². The summed E-state index contributed by atoms with van der Waals surface area (Å²) in [6.07, 6.45) is 17.0. The Labute approximate surface area is 389 Å². The Hall–Kier alpha value is -6.88. The summed E-state index contributed by atoms with van der Waals surface area (Å²) in [5, 5.41) is 19.2. The standard InChI is InChI=1S/C23H38N4O2.C21H22N6O2.C4H8FN.CH2O/c1-19(24-2)14-15-21(17-28)27(5)22-13-10-12-20(23(22)26(3)4)11-8-6-7-9-16-25-18-29;1-15-6-4-8-17(10-15)26(14-29)9-5-7-16(2)24-20-11-19(22-3)21-23-12-18(13-28)27(21)25-20;1-6-4-2-3(4)5;1-2/h10,12-13,17-18,21,24H,1,6-9,11,14-16H2,2-5H3,(H,25,29);4-14,22H,1-3H3,(H,24,25);3-4,6H,2H2,1H3;1H2/b;9-5-,16-7+;;/t;;3-,4+;/m..0./s1. The lowest BCUT2D eigenvalue weighted by atomic mass is 10.0. The SMILES string of the molecule is C=C(CCC(C=O)N(C)c1cccc(CCCCCCNC=O)c1N(C)C)NC.C=O.CN[C@@H]1C[C@@H]1F.CNc1cc(N/C(C)=C/C=C\N(C=O)c2cccc(C)c2)nn2c(C=O)cnc12. The van der Waals surface area contributed by atoms with Gasteiger partial charge in [0.15, 0.2) is 17.8 Å². The van der Waals surface area contributed by atoms with E-state index in [-0.39, 0.29) is 12.1 Å². The highest BCUT2D eigenvalue weighted by Crippen LogP contribution is 2.34. The fourth-order valence-electron chi connectivity index (χ4n) is 6.78. The van der Waals surface area contributed by atoms with Crippen molar-refractivity contribution in [2.75, 3.05) is 74.2 Å². The van der Waals surface area contributed by atoms with Gasteiger partial charge in [0.1, 0.15) is 24.9 Å². The first-order valence-corrected chi connectivity index (χ1v) is 21.9. The van der Waals surface area contributed by atoms with Crippen molar-refractivity contribution >= 4 is 66.4 Å². The van der Waals surface area contributed by atoms with E-state index in [9.17, 15) is 23.6 Å². The second-order valence-electron chi connectivity index (χ2n) is 15.7. The van der Waals surface area contributed by atoms with Gasteiger partial charge >= 0.3 is 0 Å². The number of amides is 2. The van der Waals surface area contributed by atoms with Crippen molar-refractivity contribution in [2.24, 2.45) is 0 Å². The second-order valence-corrected chi connectivity index (χ2v) is 15.7. The fourth-order valence-corrected chi connectivity index (χ4v) is 6.78. The van der Waals surface area contributed by atoms with Crippen LogP contribution in [0.5, 0.6) is 0 Å². The van der Waals surface area contributed by atoms with E-state index >= 15 is 0 Å². The molecule has 1 fully saturated rings. The topological polar surface area (TPSA) is 185 Å². The van der Waals surface area contributed by atoms with Crippen molar-refractivity contribution in [1.29, 1.82) is 0 Å². The summed E-state index contributed by atoms with van der Waals surface area (Å²) in [4.78, 5) is 62.6. The monoisotopic (exact) mass is 912 g/mol. The number of allylic oxidation sites excluding steroid dienone is 4. The zero-order valence-corrected chi connectivity index (χ0v) is 39.9. The number of unbranched alkanes of at least 4 members (excludes halogenated alkanes) is 3. The van der Waals surface area contributed by atoms with E-state index in [1.54, 1.807) is 26.4 Å². The number of anilines is 5. The Balaban J connectivity index is 0.000000388. The molecule has 0 saturated heterocycles. The first-order valence-electron chi connectivity index (χ1n) is 21.9. The number of aldehydes is 2. The van der Waals surface area contributed by atoms with E-state index in [0.29, 0.717) is 23.4 Å². The van der Waals surface area contributed by atoms with Crippen LogP contribution in [0.2, 0.25) is 0 Å². The van der Waals surface area contributed by atoms with Gasteiger partial charge in [-0.25, -0.2) is 13.9 Å². The van der Waals surface area contributed by atoms with E-state index in [1.807, 2.05) is 71.1 Å². The second kappa shape index (κ2) is 30.3. The number of carbonyl (C=O) groups excluding carboxylic acids is 5. The van der Waals surface area contributed by atoms with Gasteiger partial charge in [-0.1, -0.05) is 43.7 Å². The van der Waals surface area contributed by atoms with Gasteiger partial charge in [0.05, 0.1) is 29.3 Å². The zero-order chi connectivity index (χ0) is 49.0. The number of fused-ring (bicyclic) bond motifs is 1. The molecule has 4 aromatic rings. The van der Waals surface area contributed by atoms with Gasteiger partial charge in [-0.2, -0.15) is 0 Å². The molecule has 0 spiro atoms. The van der Waals surface area contributed by atoms with Crippen LogP contribution in [0, 0.1) is 6.92 Å². The molecule has 2 heterocycles. The summed E-state index contributed by atoms with van der Waals surface area (Å²) in [6, 6.07) is 15.8. The van der Waals surface area contributed by atoms with Gasteiger partial charge < -0.3 is 46.0 Å². The van der Waals surface area contributed by atoms with Gasteiger partial charge in [-0.3, -0.25) is 19.3 Å². The highest BCUT2D eigenvalue weighted by molar-refractivity contribution is 5.80. The van der Waals surface area contributed by atoms with Crippen LogP contribution in [0.4, 0.5) is 33.0 Å². The highest BCUT2D eigenvalue weighted by atomic mass is 19.1. The largest absolute Gasteiger partial charge is 0.392 e. The van der Waals surface area contributed by atoms with Crippen LogP contribution in [-0.4, -0.2) is 114 Å². The number of halogens is 1. The van der Waals surface area contributed by atoms with Crippen LogP contribution in [-0.2, 0) is 25.6 Å². The zero-order valence-electron chi connectivity index (χ0n) is 39.9. The number of alkyl halides is 1. The van der Waals surface area contributed by atoms with Gasteiger partial charge in [-0.05, 0) is 101 Å². The number of para-hydroxylation sites is 1. The molecule has 17 heteroatoms. The molecular formula is C49H70FN11O5. The summed E-state index contributed by atoms with van der Waals surface area (Å²) in [6.45, 7) is 10.6. The number of aryl methyl sites for hydroxylation is 2. The lowest BCUT2D eigenvalue weighted by Crippen LogP contribution is -2.34. The molecule has 5 rings (SSSR count). The summed E-state index contributed by atoms with van der Waals surface area (Å²) in [5.41, 5.74) is 8.85. The van der Waals surface area contributed by atoms with Crippen LogP contribution >= 0.6 is 0 Å². The number of likely N-dealkylation sites (N-methyl/N-ethyl adjacent to an activating group) is 1. The normalized spacial score (nSPS) is 14.1. The molecule has 1 unspecified atom stereocenters. The van der Waals surface area contributed by atoms with Crippen LogP contribution in [0.1, 0.15) is 73.5 Å². The molecule has 1 aliphatic carbocycles. The lowest BCUT2D eigenvalue weighted by molar-refractivity contribution is -0.110. The Morgan fingerprint density at radius 2 is 1.71 bits per heavy atom. The molecule has 0 radical (unpaired) electrons. The third kappa shape index (κ3) is 17.9. The van der Waals surface area contributed by atoms with Crippen LogP contribution in [0.15, 0.2) is 91.1 Å². The number of nitrogens with zero attached hydrogens (tertiary/aromatic N) is 6. The average molecular weight is 912 g/mol. The molecule has 1 saturated carbocycles. The van der Waals surface area contributed by atoms with E-state index in [0.717, 1.165) is 111 Å². The van der Waals surface area contributed by atoms with Gasteiger partial charge in [0.25, 0.3) is 0 Å². The molecule has 3 atom stereocenters. The van der Waals surface area contributed by atoms with Crippen molar-refractivity contribution in [3.63, 3.8) is 0 Å². The predicted molar refractivity (Wildman–Crippen MR) is 266 cm³/mol. The number of imidazole rings is 1. The number of hydrogen-bond acceptors (Lipinski definition) is 13. The van der Waals surface area contributed by atoms with Crippen molar-refractivity contribution in [2.45, 2.75) is 83.5 Å². The third-order valence-corrected chi connectivity index (χ3v) is 10.6. The molecular weight excluding hydrogens is 842 g/mol. The molecule has 66 heavy (non-hydrogen) atoms. The van der Waals surface area contributed by atoms with Crippen LogP contribution in [0.3, 0.4) is 0 Å². The minimum atomic E-state index is -0.546. The quantitative estimate of drug-likeness (QED) is 0.0271. The third-order valence-electron chi connectivity index (χ3n) is 10.6. The van der Waals surface area contributed by atoms with Gasteiger partial charge in [0, 0.05) is 77.2 Å². The highest BCUT2D eigenvalue weighted by Gasteiger charge is 2.35. The number of aromatic nitrogens is 3. The Morgan fingerprint density at radius 3 is 2.29 bits per heavy atom. The molecule has 2 aromatic carbocycles. The van der Waals surface area contributed by atoms with E-state index in [1.165, 1.54) is 26.9 Å². The van der Waals surface area contributed by atoms with Gasteiger partial charge in [-0.15, -0.1) is 5.10 Å². The van der Waals surface area contributed by atoms with Crippen molar-refractivity contribution in [3.05, 3.63) is 108 Å². The Kier molecular flexibility index (Phi) is 25.4. The van der Waals surface area contributed by atoms with Crippen LogP contribution < -0.4 is 41.3 Å². The summed E-state index contributed by atoms with van der Waals surface area (Å²) >= 11 is 0. The van der Waals surface area contributed by atoms with E-state index in [2.05, 4.69) is 85.3 Å². The molecule has 5 N–H and O–H groups in total. The number of rotatable bonds is 25. The number of carbonyl (C=O) groups is 5. The molecule has 358 valence electrons. The molecule has 16 nitrogen and oxygen atoms in total. The Bertz CT molecular complexity index is 2190. The minimum absolute atomic E-state index is 0.185. The van der Waals surface area contributed by atoms with Crippen LogP contribution in [0.25, 0.3) is 5.65 Å². The lowest BCUT2D eigenvalue weighted by Gasteiger charge is -2.31. The molecule has 1 aliphatic rings. The van der Waals surface area contributed by atoms with Crippen molar-refractivity contribution in [1.82, 2.24) is 30.5 Å².